The minimum absolute atomic E-state index is 0.0910. The number of aliphatic hydroxyl groups is 1. The first kappa shape index (κ1) is 58.2. The molecule has 0 saturated carbocycles. The predicted molar refractivity (Wildman–Crippen MR) is 254 cm³/mol. The van der Waals surface area contributed by atoms with Crippen molar-refractivity contribution < 1.29 is 28.4 Å². The second-order valence-corrected chi connectivity index (χ2v) is 19.2. The van der Waals surface area contributed by atoms with E-state index in [1.165, 1.54) is 205 Å². The van der Waals surface area contributed by atoms with E-state index in [9.17, 15) is 19.4 Å². The molecule has 352 valence electrons. The van der Waals surface area contributed by atoms with Crippen LogP contribution in [0.15, 0.2) is 12.2 Å². The Morgan fingerprint density at radius 2 is 0.881 bits per heavy atom. The van der Waals surface area contributed by atoms with Gasteiger partial charge < -0.3 is 21.1 Å². The van der Waals surface area contributed by atoms with Gasteiger partial charge in [0.2, 0.25) is 5.91 Å². The summed E-state index contributed by atoms with van der Waals surface area (Å²) in [4.78, 5) is 22.8. The van der Waals surface area contributed by atoms with Gasteiger partial charge in [-0.15, -0.1) is 0 Å². The highest BCUT2D eigenvalue weighted by Crippen LogP contribution is 2.43. The number of aliphatic hydroxyl groups excluding tert-OH is 1. The molecule has 0 aromatic rings. The van der Waals surface area contributed by atoms with Crippen LogP contribution < -0.4 is 11.1 Å². The summed E-state index contributed by atoms with van der Waals surface area (Å²) in [6.07, 6.45) is 53.7. The van der Waals surface area contributed by atoms with Crippen LogP contribution in [0.4, 0.5) is 0 Å². The van der Waals surface area contributed by atoms with Gasteiger partial charge in [0, 0.05) is 13.0 Å². The summed E-state index contributed by atoms with van der Waals surface area (Å²) in [5, 5.41) is 13.9. The molecule has 0 spiro atoms. The minimum atomic E-state index is -4.32. The van der Waals surface area contributed by atoms with Gasteiger partial charge in [0.15, 0.2) is 0 Å². The van der Waals surface area contributed by atoms with E-state index in [4.69, 9.17) is 14.8 Å². The molecular weight excluding hydrogens is 756 g/mol. The number of nitrogens with one attached hydrogen (secondary N) is 1. The highest BCUT2D eigenvalue weighted by Gasteiger charge is 2.27. The SMILES string of the molecule is CCCCCCCCCC/C=C\CCCCCCCCCCCCCC(=O)NC(COP(=O)(O)OCCN)C(O)CCCCCCCCCCCCCCCCCCC. The zero-order valence-corrected chi connectivity index (χ0v) is 40.2. The van der Waals surface area contributed by atoms with Gasteiger partial charge in [0.1, 0.15) is 0 Å². The molecule has 8 nitrogen and oxygen atoms in total. The normalized spacial score (nSPS) is 13.9. The Kier molecular flexibility index (Phi) is 46.1. The number of rotatable bonds is 49. The molecule has 0 aliphatic heterocycles. The lowest BCUT2D eigenvalue weighted by Crippen LogP contribution is -2.46. The van der Waals surface area contributed by atoms with E-state index >= 15 is 0 Å². The van der Waals surface area contributed by atoms with Crippen LogP contribution in [0, 0.1) is 0 Å². The number of amides is 1. The van der Waals surface area contributed by atoms with Crippen LogP contribution in [0.1, 0.15) is 271 Å². The molecule has 0 radical (unpaired) electrons. The Labute approximate surface area is 366 Å². The molecule has 0 saturated heterocycles. The number of carbonyl (C=O) groups is 1. The van der Waals surface area contributed by atoms with Gasteiger partial charge in [-0.05, 0) is 38.5 Å². The molecule has 0 heterocycles. The summed E-state index contributed by atoms with van der Waals surface area (Å²) >= 11 is 0. The van der Waals surface area contributed by atoms with E-state index in [1.54, 1.807) is 0 Å². The van der Waals surface area contributed by atoms with Gasteiger partial charge in [-0.2, -0.15) is 0 Å². The number of phosphoric ester groups is 1. The van der Waals surface area contributed by atoms with Crippen molar-refractivity contribution in [1.82, 2.24) is 5.32 Å². The third-order valence-corrected chi connectivity index (χ3v) is 12.9. The second kappa shape index (κ2) is 46.7. The first-order valence-corrected chi connectivity index (χ1v) is 27.3. The van der Waals surface area contributed by atoms with Gasteiger partial charge in [-0.1, -0.05) is 238 Å². The van der Waals surface area contributed by atoms with Gasteiger partial charge in [0.05, 0.1) is 25.4 Å². The van der Waals surface area contributed by atoms with Crippen molar-refractivity contribution in [2.24, 2.45) is 5.73 Å². The van der Waals surface area contributed by atoms with Crippen LogP contribution in [0.25, 0.3) is 0 Å². The van der Waals surface area contributed by atoms with E-state index in [-0.39, 0.29) is 25.7 Å². The number of hydrogen-bond donors (Lipinski definition) is 4. The van der Waals surface area contributed by atoms with Crippen molar-refractivity contribution >= 4 is 13.7 Å². The summed E-state index contributed by atoms with van der Waals surface area (Å²) in [5.41, 5.74) is 5.40. The topological polar surface area (TPSA) is 131 Å². The Morgan fingerprint density at radius 1 is 0.542 bits per heavy atom. The van der Waals surface area contributed by atoms with Crippen LogP contribution in [-0.2, 0) is 18.4 Å². The fraction of sp³-hybridized carbons (Fsp3) is 0.940. The standard InChI is InChI=1S/C50H101N2O6P/c1-3-5-7-9-11-13-15-17-19-21-22-23-24-25-26-28-30-32-34-36-38-40-42-44-50(54)52-48(47-58-59(55,56)57-46-45-51)49(53)43-41-39-37-35-33-31-29-27-20-18-16-14-12-10-8-6-4-2/h21-22,48-49,53H,3-20,23-47,51H2,1-2H3,(H,52,54)(H,55,56)/b22-21-. The number of unbranched alkanes of at least 4 members (excludes halogenated alkanes) is 35. The van der Waals surface area contributed by atoms with Crippen molar-refractivity contribution in [3.05, 3.63) is 12.2 Å². The Morgan fingerprint density at radius 3 is 1.25 bits per heavy atom. The molecule has 3 atom stereocenters. The molecule has 0 aromatic heterocycles. The Bertz CT molecular complexity index is 937. The van der Waals surface area contributed by atoms with Crippen LogP contribution >= 0.6 is 7.82 Å². The zero-order valence-electron chi connectivity index (χ0n) is 39.3. The molecule has 0 aromatic carbocycles. The Hall–Kier alpha value is -0.760. The quantitative estimate of drug-likeness (QED) is 0.0272. The summed E-state index contributed by atoms with van der Waals surface area (Å²) in [5.74, 6) is -0.158. The smallest absolute Gasteiger partial charge is 0.391 e. The summed E-state index contributed by atoms with van der Waals surface area (Å²) in [6, 6.07) is -0.772. The molecular formula is C50H101N2O6P. The van der Waals surface area contributed by atoms with Crippen molar-refractivity contribution in [2.45, 2.75) is 283 Å². The molecule has 1 amide bonds. The summed E-state index contributed by atoms with van der Waals surface area (Å²) < 4.78 is 22.3. The fourth-order valence-electron chi connectivity index (χ4n) is 7.96. The van der Waals surface area contributed by atoms with Crippen LogP contribution in [-0.4, -0.2) is 47.8 Å². The van der Waals surface area contributed by atoms with Crippen LogP contribution in [0.5, 0.6) is 0 Å². The minimum Gasteiger partial charge on any atom is -0.391 e. The van der Waals surface area contributed by atoms with Crippen molar-refractivity contribution in [1.29, 1.82) is 0 Å². The maximum Gasteiger partial charge on any atom is 0.472 e. The lowest BCUT2D eigenvalue weighted by molar-refractivity contribution is -0.123. The highest BCUT2D eigenvalue weighted by atomic mass is 31.2. The molecule has 0 rings (SSSR count). The third-order valence-electron chi connectivity index (χ3n) is 11.9. The molecule has 3 unspecified atom stereocenters. The summed E-state index contributed by atoms with van der Waals surface area (Å²) in [6.45, 7) is 4.25. The number of carbonyl (C=O) groups excluding carboxylic acids is 1. The second-order valence-electron chi connectivity index (χ2n) is 17.7. The number of hydrogen-bond acceptors (Lipinski definition) is 6. The van der Waals surface area contributed by atoms with Crippen molar-refractivity contribution in [3.8, 4) is 0 Å². The molecule has 59 heavy (non-hydrogen) atoms. The average Bonchev–Trinajstić information content (AvgIpc) is 3.22. The van der Waals surface area contributed by atoms with Gasteiger partial charge >= 0.3 is 7.82 Å². The van der Waals surface area contributed by atoms with Gasteiger partial charge in [-0.25, -0.2) is 4.57 Å². The van der Waals surface area contributed by atoms with E-state index in [1.807, 2.05) is 0 Å². The van der Waals surface area contributed by atoms with Gasteiger partial charge in [0.25, 0.3) is 0 Å². The van der Waals surface area contributed by atoms with Crippen LogP contribution in [0.2, 0.25) is 0 Å². The largest absolute Gasteiger partial charge is 0.472 e. The fourth-order valence-corrected chi connectivity index (χ4v) is 8.72. The first-order valence-electron chi connectivity index (χ1n) is 25.8. The van der Waals surface area contributed by atoms with Crippen molar-refractivity contribution in [3.63, 3.8) is 0 Å². The molecule has 0 aliphatic carbocycles. The molecule has 5 N–H and O–H groups in total. The highest BCUT2D eigenvalue weighted by molar-refractivity contribution is 7.47. The number of allylic oxidation sites excluding steroid dienone is 2. The van der Waals surface area contributed by atoms with E-state index in [2.05, 4.69) is 31.3 Å². The molecule has 0 aliphatic rings. The lowest BCUT2D eigenvalue weighted by atomic mass is 10.0. The monoisotopic (exact) mass is 857 g/mol. The first-order chi connectivity index (χ1) is 28.9. The maximum absolute atomic E-state index is 12.8. The predicted octanol–water partition coefficient (Wildman–Crippen LogP) is 15.1. The lowest BCUT2D eigenvalue weighted by Gasteiger charge is -2.25. The maximum atomic E-state index is 12.8. The van der Waals surface area contributed by atoms with E-state index in [0.29, 0.717) is 12.8 Å². The third kappa shape index (κ3) is 45.1. The average molecular weight is 857 g/mol. The number of nitrogens with two attached hydrogens (primary N) is 1. The van der Waals surface area contributed by atoms with E-state index < -0.39 is 20.0 Å². The molecule has 9 heteroatoms. The summed E-state index contributed by atoms with van der Waals surface area (Å²) in [7, 11) is -4.32. The Balaban J connectivity index is 4.01. The van der Waals surface area contributed by atoms with E-state index in [0.717, 1.165) is 38.5 Å². The van der Waals surface area contributed by atoms with Gasteiger partial charge in [-0.3, -0.25) is 13.8 Å². The number of phosphoric acid groups is 1. The van der Waals surface area contributed by atoms with Crippen molar-refractivity contribution in [2.75, 3.05) is 19.8 Å². The zero-order chi connectivity index (χ0) is 43.2. The molecule has 0 fully saturated rings. The van der Waals surface area contributed by atoms with Crippen LogP contribution in [0.3, 0.4) is 0 Å². The molecule has 0 bridgehead atoms.